The molecule has 0 aliphatic carbocycles. The van der Waals surface area contributed by atoms with Crippen LogP contribution in [0.2, 0.25) is 0 Å². The molecule has 0 aliphatic heterocycles. The second-order valence-corrected chi connectivity index (χ2v) is 6.24. The van der Waals surface area contributed by atoms with E-state index in [-0.39, 0.29) is 30.9 Å². The van der Waals surface area contributed by atoms with Crippen molar-refractivity contribution in [2.45, 2.75) is 25.0 Å². The molecule has 2 aromatic rings. The first-order valence-electron chi connectivity index (χ1n) is 8.36. The summed E-state index contributed by atoms with van der Waals surface area (Å²) in [6.07, 6.45) is -11.9. The monoisotopic (exact) mass is 469 g/mol. The smallest absolute Gasteiger partial charge is 0.384 e. The molecule has 0 saturated heterocycles. The second kappa shape index (κ2) is 10.0. The molecule has 170 valence electrons. The third-order valence-electron chi connectivity index (χ3n) is 4.17. The highest BCUT2D eigenvalue weighted by molar-refractivity contribution is 5.94. The normalized spacial score (nSPS) is 12.6. The number of halogens is 7. The van der Waals surface area contributed by atoms with E-state index < -0.39 is 41.1 Å². The van der Waals surface area contributed by atoms with Gasteiger partial charge in [-0.1, -0.05) is 30.3 Å². The minimum atomic E-state index is -5.13. The zero-order valence-electron chi connectivity index (χ0n) is 15.9. The van der Waals surface area contributed by atoms with Gasteiger partial charge >= 0.3 is 12.4 Å². The molecule has 1 atom stereocenters. The molecule has 5 nitrogen and oxygen atoms in total. The first-order chi connectivity index (χ1) is 13.8. The molecule has 12 heteroatoms. The summed E-state index contributed by atoms with van der Waals surface area (Å²) in [6, 6.07) is 7.15. The number of amidine groups is 1. The molecule has 2 aromatic carbocycles. The molecule has 0 fully saturated rings. The van der Waals surface area contributed by atoms with Crippen molar-refractivity contribution >= 4 is 24.1 Å². The zero-order chi connectivity index (χ0) is 22.7. The van der Waals surface area contributed by atoms with Gasteiger partial charge in [-0.2, -0.15) is 26.3 Å². The molecule has 4 N–H and O–H groups in total. The molecule has 1 unspecified atom stereocenters. The van der Waals surface area contributed by atoms with Crippen molar-refractivity contribution in [3.8, 4) is 0 Å². The third-order valence-corrected chi connectivity index (χ3v) is 4.17. The molecule has 31 heavy (non-hydrogen) atoms. The number of amides is 1. The highest BCUT2D eigenvalue weighted by Gasteiger charge is 2.40. The molecule has 0 bridgehead atoms. The van der Waals surface area contributed by atoms with Crippen LogP contribution in [0.5, 0.6) is 0 Å². The summed E-state index contributed by atoms with van der Waals surface area (Å²) in [5.41, 5.74) is 2.51. The number of nitrogens with one attached hydrogen (secondary N) is 2. The van der Waals surface area contributed by atoms with Crippen LogP contribution in [0.1, 0.15) is 33.9 Å². The van der Waals surface area contributed by atoms with Crippen LogP contribution in [-0.4, -0.2) is 18.9 Å². The Morgan fingerprint density at radius 1 is 1.06 bits per heavy atom. The van der Waals surface area contributed by atoms with E-state index in [0.29, 0.717) is 23.3 Å². The van der Waals surface area contributed by atoms with Crippen molar-refractivity contribution in [3.63, 3.8) is 0 Å². The number of ether oxygens (including phenoxy) is 1. The molecular weight excluding hydrogens is 452 g/mol. The lowest BCUT2D eigenvalue weighted by molar-refractivity contribution is -0.145. The van der Waals surface area contributed by atoms with Crippen LogP contribution in [0.4, 0.5) is 26.3 Å². The Kier molecular flexibility index (Phi) is 8.48. The van der Waals surface area contributed by atoms with Crippen molar-refractivity contribution in [1.29, 1.82) is 5.41 Å². The van der Waals surface area contributed by atoms with Crippen molar-refractivity contribution in [3.05, 3.63) is 70.3 Å². The van der Waals surface area contributed by atoms with Crippen LogP contribution >= 0.6 is 12.4 Å². The van der Waals surface area contributed by atoms with Crippen LogP contribution in [0.25, 0.3) is 0 Å². The zero-order valence-corrected chi connectivity index (χ0v) is 16.7. The number of carbonyl (C=O) groups is 1. The summed E-state index contributed by atoms with van der Waals surface area (Å²) in [5, 5.41) is 9.69. The number of carbonyl (C=O) groups excluding carboxylic acids is 1. The number of alkyl halides is 6. The van der Waals surface area contributed by atoms with Crippen LogP contribution in [0.15, 0.2) is 42.5 Å². The number of rotatable bonds is 6. The summed E-state index contributed by atoms with van der Waals surface area (Å²) < 4.78 is 83.4. The van der Waals surface area contributed by atoms with E-state index in [1.165, 1.54) is 12.1 Å². The fraction of sp³-hybridized carbons (Fsp3) is 0.263. The number of nitrogen functional groups attached to an aromatic ring is 1. The summed E-state index contributed by atoms with van der Waals surface area (Å²) in [7, 11) is 0.976. The lowest BCUT2D eigenvalue weighted by Gasteiger charge is -2.21. The Morgan fingerprint density at radius 3 is 2.10 bits per heavy atom. The van der Waals surface area contributed by atoms with Crippen molar-refractivity contribution in [2.24, 2.45) is 5.73 Å². The van der Waals surface area contributed by atoms with Gasteiger partial charge in [-0.15, -0.1) is 12.4 Å². The minimum Gasteiger partial charge on any atom is -0.384 e. The van der Waals surface area contributed by atoms with Gasteiger partial charge in [0, 0.05) is 24.8 Å². The SMILES string of the molecule is COC(C(=O)NCc1ccc(C(=N)N)cc1)c1ccc(C(F)(F)F)cc1C(F)(F)F.Cl. The van der Waals surface area contributed by atoms with E-state index in [1.54, 1.807) is 12.1 Å². The molecule has 2 rings (SSSR count). The Balaban J connectivity index is 0.00000480. The fourth-order valence-corrected chi connectivity index (χ4v) is 2.67. The van der Waals surface area contributed by atoms with Crippen molar-refractivity contribution < 1.29 is 35.9 Å². The standard InChI is InChI=1S/C19H17F6N3O2.ClH/c1-30-15(17(29)28-9-10-2-4-11(5-3-10)16(26)27)13-7-6-12(18(20,21)22)8-14(13)19(23,24)25;/h2-8,15H,9H2,1H3,(H3,26,27)(H,28,29);1H. The average molecular weight is 470 g/mol. The molecular formula is C19H18ClF6N3O2. The number of nitrogens with two attached hydrogens (primary N) is 1. The number of benzene rings is 2. The molecule has 0 radical (unpaired) electrons. The van der Waals surface area contributed by atoms with E-state index in [0.717, 1.165) is 7.11 Å². The third kappa shape index (κ3) is 6.59. The Labute approximate surface area is 179 Å². The largest absolute Gasteiger partial charge is 0.416 e. The van der Waals surface area contributed by atoms with Gasteiger partial charge in [-0.05, 0) is 17.7 Å². The Morgan fingerprint density at radius 2 is 1.65 bits per heavy atom. The number of hydrogen-bond acceptors (Lipinski definition) is 3. The van der Waals surface area contributed by atoms with E-state index in [1.807, 2.05) is 0 Å². The lowest BCUT2D eigenvalue weighted by atomic mass is 9.98. The maximum atomic E-state index is 13.3. The van der Waals surface area contributed by atoms with Crippen molar-refractivity contribution in [1.82, 2.24) is 5.32 Å². The highest BCUT2D eigenvalue weighted by atomic mass is 35.5. The maximum absolute atomic E-state index is 13.3. The number of methoxy groups -OCH3 is 1. The minimum absolute atomic E-state index is 0. The molecule has 0 spiro atoms. The van der Waals surface area contributed by atoms with Crippen molar-refractivity contribution in [2.75, 3.05) is 7.11 Å². The van der Waals surface area contributed by atoms with Gasteiger partial charge in [0.25, 0.3) is 5.91 Å². The Hall–Kier alpha value is -2.79. The quantitative estimate of drug-likeness (QED) is 0.332. The second-order valence-electron chi connectivity index (χ2n) is 6.24. The predicted octanol–water partition coefficient (Wildman–Crippen LogP) is 4.43. The van der Waals surface area contributed by atoms with E-state index in [9.17, 15) is 31.1 Å². The van der Waals surface area contributed by atoms with Gasteiger partial charge in [0.1, 0.15) is 5.84 Å². The van der Waals surface area contributed by atoms with Gasteiger partial charge < -0.3 is 15.8 Å². The topological polar surface area (TPSA) is 88.2 Å². The fourth-order valence-electron chi connectivity index (χ4n) is 2.67. The maximum Gasteiger partial charge on any atom is 0.416 e. The Bertz CT molecular complexity index is 930. The first-order valence-corrected chi connectivity index (χ1v) is 8.36. The first kappa shape index (κ1) is 26.2. The molecule has 0 saturated carbocycles. The molecule has 0 aliphatic rings. The van der Waals surface area contributed by atoms with Gasteiger partial charge in [-0.3, -0.25) is 10.2 Å². The highest BCUT2D eigenvalue weighted by Crippen LogP contribution is 2.39. The van der Waals surface area contributed by atoms with E-state index >= 15 is 0 Å². The number of hydrogen-bond donors (Lipinski definition) is 3. The van der Waals surface area contributed by atoms with Gasteiger partial charge in [0.15, 0.2) is 6.10 Å². The summed E-state index contributed by atoms with van der Waals surface area (Å²) in [5.74, 6) is -1.12. The van der Waals surface area contributed by atoms with Gasteiger partial charge in [0.2, 0.25) is 0 Å². The van der Waals surface area contributed by atoms with E-state index in [2.05, 4.69) is 5.32 Å². The summed E-state index contributed by atoms with van der Waals surface area (Å²) in [6.45, 7) is -0.0845. The van der Waals surface area contributed by atoms with E-state index in [4.69, 9.17) is 15.9 Å². The molecule has 0 aromatic heterocycles. The van der Waals surface area contributed by atoms with Crippen LogP contribution in [0.3, 0.4) is 0 Å². The predicted molar refractivity (Wildman–Crippen MR) is 103 cm³/mol. The summed E-state index contributed by atoms with van der Waals surface area (Å²) in [4.78, 5) is 12.4. The van der Waals surface area contributed by atoms with Gasteiger partial charge in [0.05, 0.1) is 11.1 Å². The summed E-state index contributed by atoms with van der Waals surface area (Å²) >= 11 is 0. The van der Waals surface area contributed by atoms with Gasteiger partial charge in [-0.25, -0.2) is 0 Å². The van der Waals surface area contributed by atoms with Crippen LogP contribution < -0.4 is 11.1 Å². The molecule has 0 heterocycles. The van der Waals surface area contributed by atoms with Crippen LogP contribution in [-0.2, 0) is 28.4 Å². The van der Waals surface area contributed by atoms with Crippen LogP contribution in [0, 0.1) is 5.41 Å². The average Bonchev–Trinajstić information content (AvgIpc) is 2.65. The molecule has 1 amide bonds. The lowest BCUT2D eigenvalue weighted by Crippen LogP contribution is -2.31.